The number of likely N-dealkylation sites (N-methyl/N-ethyl adjacent to an activating group) is 1. The molecule has 0 bridgehead atoms. The summed E-state index contributed by atoms with van der Waals surface area (Å²) in [6.07, 6.45) is 0. The van der Waals surface area contributed by atoms with Crippen LogP contribution in [0.15, 0.2) is 59.8 Å². The van der Waals surface area contributed by atoms with Crippen molar-refractivity contribution in [2.75, 3.05) is 46.4 Å². The van der Waals surface area contributed by atoms with Crippen LogP contribution in [0.5, 0.6) is 0 Å². The zero-order valence-corrected chi connectivity index (χ0v) is 24.0. The van der Waals surface area contributed by atoms with E-state index in [2.05, 4.69) is 31.0 Å². The fraction of sp³-hybridized carbons (Fsp3) is 0.433. The first kappa shape index (κ1) is 28.6. The summed E-state index contributed by atoms with van der Waals surface area (Å²) in [7, 11) is 1.67. The van der Waals surface area contributed by atoms with Crippen molar-refractivity contribution in [3.05, 3.63) is 81.5 Å². The molecule has 3 amide bonds. The zero-order chi connectivity index (χ0) is 28.3. The molecule has 8 nitrogen and oxygen atoms in total. The number of hydrogen-bond acceptors (Lipinski definition) is 5. The molecule has 208 valence electrons. The van der Waals surface area contributed by atoms with Gasteiger partial charge in [0.25, 0.3) is 5.91 Å². The number of ether oxygens (including phenoxy) is 1. The number of halogens is 1. The number of nitrogens with one attached hydrogen (secondary N) is 1. The van der Waals surface area contributed by atoms with Crippen molar-refractivity contribution in [3.63, 3.8) is 0 Å². The summed E-state index contributed by atoms with van der Waals surface area (Å²) < 4.78 is 5.46. The summed E-state index contributed by atoms with van der Waals surface area (Å²) in [5, 5.41) is 3.58. The lowest BCUT2D eigenvalue weighted by Crippen LogP contribution is -2.53. The molecule has 0 aromatic heterocycles. The average molecular weight is 553 g/mol. The third kappa shape index (κ3) is 6.45. The molecule has 1 fully saturated rings. The van der Waals surface area contributed by atoms with Gasteiger partial charge in [-0.15, -0.1) is 0 Å². The number of rotatable bonds is 6. The third-order valence-corrected chi connectivity index (χ3v) is 7.56. The summed E-state index contributed by atoms with van der Waals surface area (Å²) in [6.45, 7) is 11.1. The summed E-state index contributed by atoms with van der Waals surface area (Å²) in [5.74, 6) is -0.480. The minimum atomic E-state index is -0.621. The first-order valence-electron chi connectivity index (χ1n) is 13.3. The monoisotopic (exact) mass is 552 g/mol. The molecule has 0 spiro atoms. The molecule has 1 atom stereocenters. The van der Waals surface area contributed by atoms with Crippen LogP contribution in [-0.2, 0) is 14.9 Å². The Bertz CT molecular complexity index is 1240. The molecule has 0 saturated carbocycles. The van der Waals surface area contributed by atoms with Gasteiger partial charge in [0.1, 0.15) is 0 Å². The second-order valence-corrected chi connectivity index (χ2v) is 11.4. The third-order valence-electron chi connectivity index (χ3n) is 7.31. The molecule has 1 saturated heterocycles. The van der Waals surface area contributed by atoms with E-state index in [1.165, 1.54) is 10.5 Å². The Morgan fingerprint density at radius 3 is 2.18 bits per heavy atom. The second kappa shape index (κ2) is 11.8. The first-order chi connectivity index (χ1) is 18.5. The molecule has 9 heteroatoms. The molecule has 2 aromatic carbocycles. The van der Waals surface area contributed by atoms with Gasteiger partial charge in [-0.05, 0) is 47.7 Å². The van der Waals surface area contributed by atoms with E-state index in [9.17, 15) is 14.4 Å². The highest BCUT2D eigenvalue weighted by Crippen LogP contribution is 2.33. The Kier molecular flexibility index (Phi) is 8.67. The zero-order valence-electron chi connectivity index (χ0n) is 23.3. The molecule has 2 heterocycles. The van der Waals surface area contributed by atoms with E-state index in [1.807, 2.05) is 29.2 Å². The summed E-state index contributed by atoms with van der Waals surface area (Å²) >= 11 is 5.96. The quantitative estimate of drug-likeness (QED) is 0.529. The summed E-state index contributed by atoms with van der Waals surface area (Å²) in [5.41, 5.74) is 3.61. The summed E-state index contributed by atoms with van der Waals surface area (Å²) in [6, 6.07) is 14.0. The van der Waals surface area contributed by atoms with Crippen LogP contribution in [-0.4, -0.2) is 79.0 Å². The molecule has 1 N–H and O–H groups in total. The van der Waals surface area contributed by atoms with Crippen molar-refractivity contribution < 1.29 is 19.1 Å². The number of amides is 3. The molecule has 0 radical (unpaired) electrons. The fourth-order valence-electron chi connectivity index (χ4n) is 4.92. The number of piperazine rings is 1. The van der Waals surface area contributed by atoms with Gasteiger partial charge in [-0.1, -0.05) is 56.6 Å². The lowest BCUT2D eigenvalue weighted by molar-refractivity contribution is -0.139. The lowest BCUT2D eigenvalue weighted by atomic mass is 9.85. The minimum absolute atomic E-state index is 0.0172. The number of carbonyl (C=O) groups excluding carboxylic acids is 3. The normalized spacial score (nSPS) is 18.7. The first-order valence-corrected chi connectivity index (χ1v) is 13.7. The maximum atomic E-state index is 13.3. The van der Waals surface area contributed by atoms with Crippen molar-refractivity contribution in [2.24, 2.45) is 0 Å². The Hall–Kier alpha value is -3.36. The molecular weight excluding hydrogens is 516 g/mol. The molecular formula is C30H37ClN4O4. The van der Waals surface area contributed by atoms with E-state index in [1.54, 1.807) is 38.2 Å². The Balaban J connectivity index is 1.57. The maximum absolute atomic E-state index is 13.3. The predicted molar refractivity (Wildman–Crippen MR) is 152 cm³/mol. The number of benzene rings is 2. The molecule has 2 aliphatic rings. The fourth-order valence-corrected chi connectivity index (χ4v) is 5.05. The number of urea groups is 1. The van der Waals surface area contributed by atoms with Crippen LogP contribution < -0.4 is 5.32 Å². The average Bonchev–Trinajstić information content (AvgIpc) is 2.91. The number of esters is 1. The highest BCUT2D eigenvalue weighted by atomic mass is 35.5. The highest BCUT2D eigenvalue weighted by Gasteiger charge is 2.38. The van der Waals surface area contributed by atoms with Gasteiger partial charge in [-0.3, -0.25) is 14.6 Å². The van der Waals surface area contributed by atoms with Crippen LogP contribution in [0, 0.1) is 0 Å². The maximum Gasteiger partial charge on any atom is 0.338 e. The van der Waals surface area contributed by atoms with Gasteiger partial charge in [0, 0.05) is 56.1 Å². The van der Waals surface area contributed by atoms with E-state index in [0.717, 1.165) is 5.56 Å². The van der Waals surface area contributed by atoms with Gasteiger partial charge >= 0.3 is 12.0 Å². The van der Waals surface area contributed by atoms with Crippen LogP contribution in [0.1, 0.15) is 55.2 Å². The van der Waals surface area contributed by atoms with Crippen LogP contribution in [0.25, 0.3) is 0 Å². The molecule has 4 rings (SSSR count). The van der Waals surface area contributed by atoms with E-state index >= 15 is 0 Å². The molecule has 1 unspecified atom stereocenters. The van der Waals surface area contributed by atoms with E-state index < -0.39 is 12.0 Å². The van der Waals surface area contributed by atoms with Crippen molar-refractivity contribution in [3.8, 4) is 0 Å². The smallest absolute Gasteiger partial charge is 0.338 e. The van der Waals surface area contributed by atoms with Crippen molar-refractivity contribution in [1.29, 1.82) is 0 Å². The Morgan fingerprint density at radius 1 is 1.00 bits per heavy atom. The Labute approximate surface area is 235 Å². The van der Waals surface area contributed by atoms with E-state index in [4.69, 9.17) is 16.3 Å². The van der Waals surface area contributed by atoms with Crippen LogP contribution in [0.3, 0.4) is 0 Å². The minimum Gasteiger partial charge on any atom is -0.463 e. The van der Waals surface area contributed by atoms with E-state index in [-0.39, 0.29) is 24.0 Å². The van der Waals surface area contributed by atoms with E-state index in [0.29, 0.717) is 54.6 Å². The van der Waals surface area contributed by atoms with Crippen molar-refractivity contribution >= 4 is 29.5 Å². The van der Waals surface area contributed by atoms with Gasteiger partial charge in [0.15, 0.2) is 0 Å². The predicted octanol–water partition coefficient (Wildman–Crippen LogP) is 4.61. The van der Waals surface area contributed by atoms with Crippen LogP contribution in [0.2, 0.25) is 5.02 Å². The number of nitrogens with zero attached hydrogens (tertiary/aromatic N) is 3. The molecule has 39 heavy (non-hydrogen) atoms. The SMILES string of the molecule is CCOC(=O)C1=C(CN2CCN(C(=O)c3ccc(Cl)cc3)CC2)N(C)C(=O)NC1c1ccc(C(C)(C)C)cc1. The van der Waals surface area contributed by atoms with Crippen molar-refractivity contribution in [2.45, 2.75) is 39.2 Å². The highest BCUT2D eigenvalue weighted by molar-refractivity contribution is 6.30. The van der Waals surface area contributed by atoms with Crippen LogP contribution >= 0.6 is 11.6 Å². The van der Waals surface area contributed by atoms with Gasteiger partial charge in [0.2, 0.25) is 0 Å². The number of hydrogen-bond donors (Lipinski definition) is 1. The van der Waals surface area contributed by atoms with Gasteiger partial charge in [-0.25, -0.2) is 9.59 Å². The van der Waals surface area contributed by atoms with Gasteiger partial charge in [0.05, 0.1) is 18.2 Å². The molecule has 2 aromatic rings. The number of carbonyl (C=O) groups is 3. The van der Waals surface area contributed by atoms with Gasteiger partial charge in [-0.2, -0.15) is 0 Å². The lowest BCUT2D eigenvalue weighted by Gasteiger charge is -2.39. The Morgan fingerprint density at radius 2 is 1.62 bits per heavy atom. The van der Waals surface area contributed by atoms with Gasteiger partial charge < -0.3 is 15.0 Å². The van der Waals surface area contributed by atoms with Crippen LogP contribution in [0.4, 0.5) is 4.79 Å². The topological polar surface area (TPSA) is 82.2 Å². The van der Waals surface area contributed by atoms with Crippen molar-refractivity contribution in [1.82, 2.24) is 20.0 Å². The summed E-state index contributed by atoms with van der Waals surface area (Å²) in [4.78, 5) is 44.8. The second-order valence-electron chi connectivity index (χ2n) is 11.0. The molecule has 2 aliphatic heterocycles. The molecule has 0 aliphatic carbocycles. The standard InChI is InChI=1S/C30H37ClN4O4/c1-6-39-28(37)25-24(19-34-15-17-35(18-16-34)27(36)21-9-13-23(31)14-10-21)33(5)29(38)32-26(25)20-7-11-22(12-8-20)30(2,3)4/h7-14,26H,6,15-19H2,1-5H3,(H,32,38). The largest absolute Gasteiger partial charge is 0.463 e.